The highest BCUT2D eigenvalue weighted by Crippen LogP contribution is 2.26. The molecular formula is C17H23F3N2O2. The van der Waals surface area contributed by atoms with Gasteiger partial charge in [-0.2, -0.15) is 13.2 Å². The molecule has 1 N–H and O–H groups in total. The molecule has 1 aliphatic rings. The van der Waals surface area contributed by atoms with Gasteiger partial charge in [-0.1, -0.05) is 26.0 Å². The molecule has 1 amide bonds. The van der Waals surface area contributed by atoms with Gasteiger partial charge in [0.15, 0.2) is 0 Å². The Hall–Kier alpha value is -1.76. The molecule has 4 nitrogen and oxygen atoms in total. The third kappa shape index (κ3) is 4.63. The van der Waals surface area contributed by atoms with E-state index in [1.54, 1.807) is 7.11 Å². The molecule has 0 bridgehead atoms. The van der Waals surface area contributed by atoms with Gasteiger partial charge < -0.3 is 15.0 Å². The largest absolute Gasteiger partial charge is 0.497 e. The number of carbonyl (C=O) groups is 1. The second-order valence-electron chi connectivity index (χ2n) is 6.71. The second-order valence-corrected chi connectivity index (χ2v) is 6.71. The lowest BCUT2D eigenvalue weighted by molar-refractivity contribution is -0.158. The van der Waals surface area contributed by atoms with E-state index in [1.807, 2.05) is 38.1 Å². The minimum atomic E-state index is -4.35. The molecule has 1 aromatic rings. The van der Waals surface area contributed by atoms with Crippen molar-refractivity contribution in [3.63, 3.8) is 0 Å². The van der Waals surface area contributed by atoms with Crippen LogP contribution in [0.15, 0.2) is 24.3 Å². The number of alkyl halides is 3. The summed E-state index contributed by atoms with van der Waals surface area (Å²) in [6.07, 6.45) is -3.96. The Morgan fingerprint density at radius 2 is 1.88 bits per heavy atom. The van der Waals surface area contributed by atoms with Crippen molar-refractivity contribution in [1.29, 1.82) is 0 Å². The summed E-state index contributed by atoms with van der Waals surface area (Å²) in [7, 11) is 1.60. The van der Waals surface area contributed by atoms with Crippen molar-refractivity contribution in [2.75, 3.05) is 26.7 Å². The number of rotatable bonds is 6. The number of benzene rings is 1. The molecule has 0 aromatic heterocycles. The first kappa shape index (κ1) is 18.6. The standard InChI is InChI=1S/C17H23F3N2O2/c1-16(2,12-4-6-13(24-3)7-5-12)10-21-14-8-9-22(15(14)23)11-17(18,19)20/h4-7,14,21H,8-11H2,1-3H3/t14-/m0/s1. The predicted octanol–water partition coefficient (Wildman–Crippen LogP) is 2.73. The van der Waals surface area contributed by atoms with Crippen LogP contribution in [0, 0.1) is 0 Å². The van der Waals surface area contributed by atoms with Crippen LogP contribution >= 0.6 is 0 Å². The Balaban J connectivity index is 1.93. The van der Waals surface area contributed by atoms with Crippen molar-refractivity contribution < 1.29 is 22.7 Å². The monoisotopic (exact) mass is 344 g/mol. The van der Waals surface area contributed by atoms with Crippen LogP contribution in [0.2, 0.25) is 0 Å². The first-order chi connectivity index (χ1) is 11.1. The number of amides is 1. The lowest BCUT2D eigenvalue weighted by Gasteiger charge is -2.27. The maximum Gasteiger partial charge on any atom is 0.406 e. The number of nitrogens with one attached hydrogen (secondary N) is 1. The Bertz CT molecular complexity index is 570. The maximum atomic E-state index is 12.4. The third-order valence-electron chi connectivity index (χ3n) is 4.33. The van der Waals surface area contributed by atoms with Crippen molar-refractivity contribution >= 4 is 5.91 Å². The molecule has 1 aliphatic heterocycles. The summed E-state index contributed by atoms with van der Waals surface area (Å²) in [5.74, 6) is 0.286. The molecular weight excluding hydrogens is 321 g/mol. The summed E-state index contributed by atoms with van der Waals surface area (Å²) < 4.78 is 42.5. The van der Waals surface area contributed by atoms with E-state index >= 15 is 0 Å². The van der Waals surface area contributed by atoms with E-state index in [9.17, 15) is 18.0 Å². The van der Waals surface area contributed by atoms with E-state index in [-0.39, 0.29) is 12.0 Å². The van der Waals surface area contributed by atoms with Crippen LogP contribution < -0.4 is 10.1 Å². The van der Waals surface area contributed by atoms with Crippen molar-refractivity contribution in [3.8, 4) is 5.75 Å². The zero-order valence-electron chi connectivity index (χ0n) is 14.1. The summed E-state index contributed by atoms with van der Waals surface area (Å²) in [6.45, 7) is 3.50. The van der Waals surface area contributed by atoms with Gasteiger partial charge in [-0.05, 0) is 24.1 Å². The zero-order valence-corrected chi connectivity index (χ0v) is 14.1. The molecule has 1 saturated heterocycles. The smallest absolute Gasteiger partial charge is 0.406 e. The van der Waals surface area contributed by atoms with Crippen LogP contribution in [0.3, 0.4) is 0 Å². The SMILES string of the molecule is COc1ccc(C(C)(C)CN[C@H]2CCN(CC(F)(F)F)C2=O)cc1. The molecule has 2 rings (SSSR count). The first-order valence-electron chi connectivity index (χ1n) is 7.86. The van der Waals surface area contributed by atoms with Crippen molar-refractivity contribution in [2.45, 2.75) is 37.9 Å². The molecule has 24 heavy (non-hydrogen) atoms. The fourth-order valence-electron chi connectivity index (χ4n) is 2.82. The molecule has 7 heteroatoms. The van der Waals surface area contributed by atoms with E-state index in [0.29, 0.717) is 13.0 Å². The lowest BCUT2D eigenvalue weighted by Crippen LogP contribution is -2.45. The van der Waals surface area contributed by atoms with Gasteiger partial charge in [0.1, 0.15) is 12.3 Å². The number of methoxy groups -OCH3 is 1. The van der Waals surface area contributed by atoms with E-state index in [0.717, 1.165) is 16.2 Å². The van der Waals surface area contributed by atoms with Gasteiger partial charge >= 0.3 is 6.18 Å². The highest BCUT2D eigenvalue weighted by atomic mass is 19.4. The molecule has 1 aromatic carbocycles. The number of nitrogens with zero attached hydrogens (tertiary/aromatic N) is 1. The van der Waals surface area contributed by atoms with E-state index in [2.05, 4.69) is 5.32 Å². The molecule has 0 unspecified atom stereocenters. The van der Waals surface area contributed by atoms with Crippen LogP contribution in [0.4, 0.5) is 13.2 Å². The average molecular weight is 344 g/mol. The highest BCUT2D eigenvalue weighted by Gasteiger charge is 2.39. The number of hydrogen-bond donors (Lipinski definition) is 1. The number of ether oxygens (including phenoxy) is 1. The molecule has 0 radical (unpaired) electrons. The average Bonchev–Trinajstić information content (AvgIpc) is 2.84. The molecule has 1 atom stereocenters. The number of likely N-dealkylation sites (tertiary alicyclic amines) is 1. The number of carbonyl (C=O) groups excluding carboxylic acids is 1. The van der Waals surface area contributed by atoms with Gasteiger partial charge in [0.25, 0.3) is 0 Å². The second kappa shape index (κ2) is 7.01. The molecule has 1 heterocycles. The van der Waals surface area contributed by atoms with Gasteiger partial charge in [-0.15, -0.1) is 0 Å². The zero-order chi connectivity index (χ0) is 18.0. The van der Waals surface area contributed by atoms with Gasteiger partial charge in [-0.25, -0.2) is 0 Å². The fraction of sp³-hybridized carbons (Fsp3) is 0.588. The summed E-state index contributed by atoms with van der Waals surface area (Å²) in [4.78, 5) is 12.9. The quantitative estimate of drug-likeness (QED) is 0.863. The van der Waals surface area contributed by atoms with Gasteiger partial charge in [0.05, 0.1) is 13.2 Å². The predicted molar refractivity (Wildman–Crippen MR) is 85.1 cm³/mol. The van der Waals surface area contributed by atoms with E-state index in [4.69, 9.17) is 4.74 Å². The van der Waals surface area contributed by atoms with Gasteiger partial charge in [-0.3, -0.25) is 4.79 Å². The lowest BCUT2D eigenvalue weighted by atomic mass is 9.84. The summed E-state index contributed by atoms with van der Waals surface area (Å²) in [5.41, 5.74) is 0.803. The normalized spacial score (nSPS) is 19.0. The van der Waals surface area contributed by atoms with Crippen molar-refractivity contribution in [2.24, 2.45) is 0 Å². The molecule has 0 spiro atoms. The minimum Gasteiger partial charge on any atom is -0.497 e. The molecule has 0 saturated carbocycles. The van der Waals surface area contributed by atoms with E-state index in [1.165, 1.54) is 0 Å². The fourth-order valence-corrected chi connectivity index (χ4v) is 2.82. The van der Waals surface area contributed by atoms with Gasteiger partial charge in [0, 0.05) is 18.5 Å². The molecule has 134 valence electrons. The Morgan fingerprint density at radius 3 is 2.42 bits per heavy atom. The maximum absolute atomic E-state index is 12.4. The number of hydrogen-bond acceptors (Lipinski definition) is 3. The summed E-state index contributed by atoms with van der Waals surface area (Å²) in [6, 6.07) is 7.08. The van der Waals surface area contributed by atoms with Crippen LogP contribution in [-0.2, 0) is 10.2 Å². The van der Waals surface area contributed by atoms with Crippen molar-refractivity contribution in [1.82, 2.24) is 10.2 Å². The molecule has 1 fully saturated rings. The third-order valence-corrected chi connectivity index (χ3v) is 4.33. The van der Waals surface area contributed by atoms with Crippen LogP contribution in [0.1, 0.15) is 25.8 Å². The number of halogens is 3. The summed E-state index contributed by atoms with van der Waals surface area (Å²) >= 11 is 0. The minimum absolute atomic E-state index is 0.138. The van der Waals surface area contributed by atoms with Crippen molar-refractivity contribution in [3.05, 3.63) is 29.8 Å². The van der Waals surface area contributed by atoms with Crippen LogP contribution in [0.5, 0.6) is 5.75 Å². The summed E-state index contributed by atoms with van der Waals surface area (Å²) in [5, 5.41) is 3.12. The van der Waals surface area contributed by atoms with Crippen LogP contribution in [0.25, 0.3) is 0 Å². The van der Waals surface area contributed by atoms with Crippen LogP contribution in [-0.4, -0.2) is 49.8 Å². The Morgan fingerprint density at radius 1 is 1.25 bits per heavy atom. The first-order valence-corrected chi connectivity index (χ1v) is 7.86. The highest BCUT2D eigenvalue weighted by molar-refractivity contribution is 5.84. The molecule has 0 aliphatic carbocycles. The Labute approximate surface area is 140 Å². The topological polar surface area (TPSA) is 41.6 Å². The Kier molecular flexibility index (Phi) is 5.42. The van der Waals surface area contributed by atoms with E-state index < -0.39 is 24.7 Å². The van der Waals surface area contributed by atoms with Gasteiger partial charge in [0.2, 0.25) is 5.91 Å².